The monoisotopic (exact) mass is 463 g/mol. The molecule has 0 saturated heterocycles. The number of carbonyl (C=O) groups excluding carboxylic acids is 2. The summed E-state index contributed by atoms with van der Waals surface area (Å²) in [5, 5.41) is 4.21. The third kappa shape index (κ3) is 4.72. The zero-order chi connectivity index (χ0) is 22.9. The Bertz CT molecular complexity index is 1270. The minimum Gasteiger partial charge on any atom is -0.468 e. The topological polar surface area (TPSA) is 107 Å². The lowest BCUT2D eigenvalue weighted by Gasteiger charge is -2.14. The number of benzene rings is 1. The average Bonchev–Trinajstić information content (AvgIpc) is 3.04. The van der Waals surface area contributed by atoms with Crippen LogP contribution in [0.25, 0.3) is 10.9 Å². The molecule has 1 N–H and O–H groups in total. The first-order valence-corrected chi connectivity index (χ1v) is 11.4. The molecule has 1 aromatic carbocycles. The van der Waals surface area contributed by atoms with E-state index in [1.54, 1.807) is 24.6 Å². The Morgan fingerprint density at radius 1 is 1.26 bits per heavy atom. The van der Waals surface area contributed by atoms with Gasteiger partial charge in [-0.25, -0.2) is 8.42 Å². The van der Waals surface area contributed by atoms with Gasteiger partial charge in [0.1, 0.15) is 5.69 Å². The third-order valence-electron chi connectivity index (χ3n) is 4.93. The molecule has 0 saturated carbocycles. The standard InChI is InChI=1S/C21H22ClN3O5S/c1-12-7-16(22)15-9-19(25(3)18(15)8-12)21(27)24-13(2)17-6-5-14(10-23-17)31(28,29)11-20(26)30-4/h5-10,13H,11H2,1-4H3,(H,24,27). The summed E-state index contributed by atoms with van der Waals surface area (Å²) in [6.07, 6.45) is 1.16. The van der Waals surface area contributed by atoms with Crippen LogP contribution in [0, 0.1) is 6.92 Å². The van der Waals surface area contributed by atoms with Crippen LogP contribution in [0.2, 0.25) is 5.02 Å². The smallest absolute Gasteiger partial charge is 0.321 e. The Hall–Kier alpha value is -2.91. The molecule has 0 bridgehead atoms. The number of carbonyl (C=O) groups is 2. The van der Waals surface area contributed by atoms with Gasteiger partial charge >= 0.3 is 5.97 Å². The molecule has 0 aliphatic rings. The van der Waals surface area contributed by atoms with E-state index in [1.807, 2.05) is 19.1 Å². The van der Waals surface area contributed by atoms with Crippen molar-refractivity contribution in [3.8, 4) is 0 Å². The van der Waals surface area contributed by atoms with E-state index in [0.717, 1.165) is 29.8 Å². The number of aryl methyl sites for hydroxylation is 2. The molecule has 2 aromatic heterocycles. The van der Waals surface area contributed by atoms with E-state index in [0.29, 0.717) is 16.4 Å². The lowest BCUT2D eigenvalue weighted by atomic mass is 10.2. The van der Waals surface area contributed by atoms with Gasteiger partial charge in [-0.05, 0) is 49.7 Å². The second-order valence-electron chi connectivity index (χ2n) is 7.22. The fraction of sp³-hybridized carbons (Fsp3) is 0.286. The molecular weight excluding hydrogens is 442 g/mol. The van der Waals surface area contributed by atoms with E-state index >= 15 is 0 Å². The van der Waals surface area contributed by atoms with Crippen LogP contribution in [0.4, 0.5) is 0 Å². The molecule has 1 unspecified atom stereocenters. The molecule has 164 valence electrons. The normalized spacial score (nSPS) is 12.5. The number of aromatic nitrogens is 2. The van der Waals surface area contributed by atoms with Gasteiger partial charge in [-0.3, -0.25) is 14.6 Å². The number of esters is 1. The van der Waals surface area contributed by atoms with Crippen LogP contribution in [0.3, 0.4) is 0 Å². The molecule has 2 heterocycles. The summed E-state index contributed by atoms with van der Waals surface area (Å²) in [5.74, 6) is -1.93. The van der Waals surface area contributed by atoms with E-state index in [4.69, 9.17) is 11.6 Å². The van der Waals surface area contributed by atoms with Crippen molar-refractivity contribution in [2.45, 2.75) is 24.8 Å². The van der Waals surface area contributed by atoms with Gasteiger partial charge in [0, 0.05) is 18.6 Å². The number of hydrogen-bond donors (Lipinski definition) is 1. The first-order valence-electron chi connectivity index (χ1n) is 9.35. The van der Waals surface area contributed by atoms with Crippen LogP contribution >= 0.6 is 11.6 Å². The van der Waals surface area contributed by atoms with Gasteiger partial charge in [0.25, 0.3) is 5.91 Å². The van der Waals surface area contributed by atoms with Crippen LogP contribution < -0.4 is 5.32 Å². The molecule has 3 rings (SSSR count). The molecule has 1 atom stereocenters. The molecule has 0 fully saturated rings. The lowest BCUT2D eigenvalue weighted by Crippen LogP contribution is -2.28. The maximum Gasteiger partial charge on any atom is 0.321 e. The molecule has 8 nitrogen and oxygen atoms in total. The summed E-state index contributed by atoms with van der Waals surface area (Å²) < 4.78 is 30.6. The Labute approximate surface area is 185 Å². The van der Waals surface area contributed by atoms with E-state index in [2.05, 4.69) is 15.0 Å². The molecule has 0 radical (unpaired) electrons. The second-order valence-corrected chi connectivity index (χ2v) is 9.61. The summed E-state index contributed by atoms with van der Waals surface area (Å²) in [4.78, 5) is 28.2. The number of nitrogens with one attached hydrogen (secondary N) is 1. The fourth-order valence-corrected chi connectivity index (χ4v) is 4.62. The highest BCUT2D eigenvalue weighted by atomic mass is 35.5. The Morgan fingerprint density at radius 3 is 2.58 bits per heavy atom. The summed E-state index contributed by atoms with van der Waals surface area (Å²) in [5.41, 5.74) is 2.75. The van der Waals surface area contributed by atoms with Crippen molar-refractivity contribution in [2.24, 2.45) is 7.05 Å². The molecule has 1 amide bonds. The third-order valence-corrected chi connectivity index (χ3v) is 6.82. The number of ether oxygens (including phenoxy) is 1. The molecular formula is C21H22ClN3O5S. The zero-order valence-electron chi connectivity index (χ0n) is 17.5. The number of hydrogen-bond acceptors (Lipinski definition) is 6. The minimum atomic E-state index is -3.85. The van der Waals surface area contributed by atoms with Crippen molar-refractivity contribution in [2.75, 3.05) is 12.9 Å². The number of rotatable bonds is 6. The van der Waals surface area contributed by atoms with Gasteiger partial charge in [-0.1, -0.05) is 11.6 Å². The van der Waals surface area contributed by atoms with Crippen LogP contribution in [0.15, 0.2) is 41.4 Å². The number of fused-ring (bicyclic) bond motifs is 1. The molecule has 3 aromatic rings. The van der Waals surface area contributed by atoms with Gasteiger partial charge in [-0.15, -0.1) is 0 Å². The Morgan fingerprint density at radius 2 is 1.97 bits per heavy atom. The first-order chi connectivity index (χ1) is 14.5. The minimum absolute atomic E-state index is 0.0983. The average molecular weight is 464 g/mol. The lowest BCUT2D eigenvalue weighted by molar-refractivity contribution is -0.137. The largest absolute Gasteiger partial charge is 0.468 e. The van der Waals surface area contributed by atoms with Gasteiger partial charge in [0.15, 0.2) is 15.6 Å². The summed E-state index contributed by atoms with van der Waals surface area (Å²) in [6, 6.07) is 7.89. The maximum atomic E-state index is 12.8. The van der Waals surface area contributed by atoms with Gasteiger partial charge in [0.05, 0.1) is 34.3 Å². The number of amides is 1. The molecule has 10 heteroatoms. The number of methoxy groups -OCH3 is 1. The van der Waals surface area contributed by atoms with Crippen LogP contribution in [0.5, 0.6) is 0 Å². The van der Waals surface area contributed by atoms with Crippen molar-refractivity contribution in [1.29, 1.82) is 0 Å². The number of pyridine rings is 1. The highest BCUT2D eigenvalue weighted by Crippen LogP contribution is 2.28. The number of sulfone groups is 1. The Balaban J connectivity index is 1.79. The van der Waals surface area contributed by atoms with Crippen molar-refractivity contribution in [3.63, 3.8) is 0 Å². The van der Waals surface area contributed by atoms with E-state index < -0.39 is 27.6 Å². The molecule has 0 aliphatic carbocycles. The highest BCUT2D eigenvalue weighted by Gasteiger charge is 2.22. The van der Waals surface area contributed by atoms with Crippen molar-refractivity contribution < 1.29 is 22.7 Å². The quantitative estimate of drug-likeness (QED) is 0.563. The fourth-order valence-electron chi connectivity index (χ4n) is 3.21. The van der Waals surface area contributed by atoms with Gasteiger partial charge in [-0.2, -0.15) is 0 Å². The van der Waals surface area contributed by atoms with Crippen LogP contribution in [0.1, 0.15) is 34.7 Å². The summed E-state index contributed by atoms with van der Waals surface area (Å²) in [6.45, 7) is 3.67. The second kappa shape index (κ2) is 8.68. The SMILES string of the molecule is COC(=O)CS(=O)(=O)c1ccc(C(C)NC(=O)c2cc3c(Cl)cc(C)cc3n2C)nc1. The highest BCUT2D eigenvalue weighted by molar-refractivity contribution is 7.92. The number of halogens is 1. The van der Waals surface area contributed by atoms with E-state index in [-0.39, 0.29) is 10.8 Å². The van der Waals surface area contributed by atoms with Crippen LogP contribution in [-0.4, -0.2) is 42.7 Å². The summed E-state index contributed by atoms with van der Waals surface area (Å²) >= 11 is 6.31. The molecule has 0 aliphatic heterocycles. The first kappa shape index (κ1) is 22.8. The molecule has 0 spiro atoms. The predicted molar refractivity (Wildman–Crippen MR) is 117 cm³/mol. The Kier molecular flexibility index (Phi) is 6.38. The summed E-state index contributed by atoms with van der Waals surface area (Å²) in [7, 11) is -0.940. The van der Waals surface area contributed by atoms with Gasteiger partial charge in [0.2, 0.25) is 0 Å². The van der Waals surface area contributed by atoms with Crippen LogP contribution in [-0.2, 0) is 26.4 Å². The zero-order valence-corrected chi connectivity index (χ0v) is 19.0. The van der Waals surface area contributed by atoms with Gasteiger partial charge < -0.3 is 14.6 Å². The van der Waals surface area contributed by atoms with E-state index in [1.165, 1.54) is 12.1 Å². The number of nitrogens with zero attached hydrogens (tertiary/aromatic N) is 2. The van der Waals surface area contributed by atoms with Crippen molar-refractivity contribution in [3.05, 3.63) is 58.5 Å². The predicted octanol–water partition coefficient (Wildman–Crippen LogP) is 2.97. The van der Waals surface area contributed by atoms with E-state index in [9.17, 15) is 18.0 Å². The van der Waals surface area contributed by atoms with Crippen molar-refractivity contribution >= 4 is 44.2 Å². The van der Waals surface area contributed by atoms with Crippen molar-refractivity contribution in [1.82, 2.24) is 14.9 Å². The maximum absolute atomic E-state index is 12.8. The molecule has 31 heavy (non-hydrogen) atoms.